The molecular formula is C26H26N4O4. The summed E-state index contributed by atoms with van der Waals surface area (Å²) < 4.78 is 5.76. The Hall–Kier alpha value is -3.78. The molecule has 1 aliphatic carbocycles. The van der Waals surface area contributed by atoms with Gasteiger partial charge in [0.05, 0.1) is 16.0 Å². The number of nitro groups is 1. The molecule has 0 bridgehead atoms. The number of aromatic nitrogens is 1. The Labute approximate surface area is 197 Å². The zero-order chi connectivity index (χ0) is 23.9. The number of nitrogens with zero attached hydrogens (tertiary/aromatic N) is 2. The fraction of sp³-hybridized carbons (Fsp3) is 0.308. The summed E-state index contributed by atoms with van der Waals surface area (Å²) in [6.07, 6.45) is 6.08. The highest BCUT2D eigenvalue weighted by Crippen LogP contribution is 2.48. The maximum Gasteiger partial charge on any atom is 0.311 e. The molecule has 174 valence electrons. The molecule has 1 amide bonds. The number of hydrogen-bond donors (Lipinski definition) is 2. The van der Waals surface area contributed by atoms with E-state index in [-0.39, 0.29) is 23.4 Å². The first-order chi connectivity index (χ1) is 16.4. The van der Waals surface area contributed by atoms with Crippen molar-refractivity contribution in [1.29, 1.82) is 0 Å². The number of amides is 1. The Bertz CT molecular complexity index is 1310. The van der Waals surface area contributed by atoms with Crippen molar-refractivity contribution < 1.29 is 14.5 Å². The Kier molecular flexibility index (Phi) is 5.53. The van der Waals surface area contributed by atoms with Crippen LogP contribution in [0.3, 0.4) is 0 Å². The molecule has 2 heterocycles. The Balaban J connectivity index is 1.47. The smallest absolute Gasteiger partial charge is 0.311 e. The second kappa shape index (κ2) is 8.53. The molecule has 8 nitrogen and oxygen atoms in total. The van der Waals surface area contributed by atoms with E-state index in [2.05, 4.69) is 22.2 Å². The number of rotatable bonds is 8. The van der Waals surface area contributed by atoms with Gasteiger partial charge in [-0.3, -0.25) is 19.9 Å². The topological polar surface area (TPSA) is 106 Å². The van der Waals surface area contributed by atoms with Gasteiger partial charge in [-0.1, -0.05) is 18.7 Å². The first kappa shape index (κ1) is 22.0. The number of fused-ring (bicyclic) bond motifs is 1. The van der Waals surface area contributed by atoms with Gasteiger partial charge in [0.25, 0.3) is 5.91 Å². The van der Waals surface area contributed by atoms with Crippen molar-refractivity contribution in [2.75, 3.05) is 13.2 Å². The van der Waals surface area contributed by atoms with Gasteiger partial charge in [-0.25, -0.2) is 0 Å². The summed E-state index contributed by atoms with van der Waals surface area (Å²) in [6.45, 7) is 6.83. The van der Waals surface area contributed by atoms with E-state index in [1.165, 1.54) is 12.1 Å². The molecule has 8 heteroatoms. The minimum Gasteiger partial charge on any atom is -0.485 e. The lowest BCUT2D eigenvalue weighted by atomic mass is 9.95. The minimum atomic E-state index is -0.511. The number of carbonyl (C=O) groups is 1. The summed E-state index contributed by atoms with van der Waals surface area (Å²) in [5.74, 6) is -0.167. The molecule has 1 aliphatic heterocycles. The van der Waals surface area contributed by atoms with Crippen molar-refractivity contribution in [2.45, 2.75) is 37.8 Å². The van der Waals surface area contributed by atoms with Crippen molar-refractivity contribution in [3.05, 3.63) is 81.5 Å². The van der Waals surface area contributed by atoms with Crippen LogP contribution in [0.25, 0.3) is 17.0 Å². The van der Waals surface area contributed by atoms with E-state index in [9.17, 15) is 14.9 Å². The van der Waals surface area contributed by atoms with Crippen LogP contribution in [0, 0.1) is 17.0 Å². The van der Waals surface area contributed by atoms with E-state index in [1.54, 1.807) is 19.2 Å². The quantitative estimate of drug-likeness (QED) is 0.386. The largest absolute Gasteiger partial charge is 0.485 e. The van der Waals surface area contributed by atoms with Crippen LogP contribution < -0.4 is 15.4 Å². The third kappa shape index (κ3) is 4.01. The monoisotopic (exact) mass is 458 g/mol. The van der Waals surface area contributed by atoms with E-state index < -0.39 is 10.5 Å². The lowest BCUT2D eigenvalue weighted by molar-refractivity contribution is -0.385. The molecule has 0 spiro atoms. The molecule has 5 rings (SSSR count). The van der Waals surface area contributed by atoms with Gasteiger partial charge in [0.2, 0.25) is 0 Å². The van der Waals surface area contributed by atoms with Gasteiger partial charge in [0.15, 0.2) is 5.75 Å². The van der Waals surface area contributed by atoms with Crippen LogP contribution >= 0.6 is 0 Å². The normalized spacial score (nSPS) is 18.1. The third-order valence-electron chi connectivity index (χ3n) is 6.71. The zero-order valence-corrected chi connectivity index (χ0v) is 19.0. The van der Waals surface area contributed by atoms with Crippen molar-refractivity contribution in [2.24, 2.45) is 0 Å². The van der Waals surface area contributed by atoms with Crippen LogP contribution in [0.15, 0.2) is 49.2 Å². The molecule has 2 aliphatic rings. The fourth-order valence-electron chi connectivity index (χ4n) is 4.45. The van der Waals surface area contributed by atoms with Crippen molar-refractivity contribution >= 4 is 28.6 Å². The van der Waals surface area contributed by atoms with Gasteiger partial charge in [-0.2, -0.15) is 0 Å². The first-order valence-electron chi connectivity index (χ1n) is 11.4. The molecule has 2 fully saturated rings. The maximum absolute atomic E-state index is 13.4. The van der Waals surface area contributed by atoms with E-state index >= 15 is 0 Å². The summed E-state index contributed by atoms with van der Waals surface area (Å²) in [5.41, 5.74) is 3.05. The van der Waals surface area contributed by atoms with Gasteiger partial charge >= 0.3 is 5.69 Å². The van der Waals surface area contributed by atoms with Gasteiger partial charge in [0, 0.05) is 35.3 Å². The average Bonchev–Trinajstić information content (AvgIpc) is 3.57. The van der Waals surface area contributed by atoms with Crippen molar-refractivity contribution in [1.82, 2.24) is 15.6 Å². The van der Waals surface area contributed by atoms with Crippen LogP contribution in [0.1, 0.15) is 46.3 Å². The second-order valence-corrected chi connectivity index (χ2v) is 9.02. The molecule has 0 radical (unpaired) electrons. The molecule has 2 aromatic carbocycles. The molecule has 34 heavy (non-hydrogen) atoms. The molecular weight excluding hydrogens is 432 g/mol. The van der Waals surface area contributed by atoms with Gasteiger partial charge < -0.3 is 15.4 Å². The molecule has 1 saturated carbocycles. The average molecular weight is 459 g/mol. The molecule has 2 N–H and O–H groups in total. The molecule has 1 saturated heterocycles. The lowest BCUT2D eigenvalue weighted by Gasteiger charge is -2.27. The zero-order valence-electron chi connectivity index (χ0n) is 19.0. The fourth-order valence-corrected chi connectivity index (χ4v) is 4.45. The van der Waals surface area contributed by atoms with E-state index in [0.717, 1.165) is 47.8 Å². The standard InChI is InChI=1S/C26H26N4O4/c1-3-17-12-21(19-5-4-9-28-22(19)13-17)26(7-8-26)29-25(31)20-14-24(34-15-18-6-10-27-18)23(30(32)33)11-16(20)2/h3-5,9,11-14,18,27H,1,6-8,10,15H2,2H3,(H,29,31). The predicted octanol–water partition coefficient (Wildman–Crippen LogP) is 4.25. The number of carbonyl (C=O) groups excluding carboxylic acids is 1. The van der Waals surface area contributed by atoms with Crippen LogP contribution in [-0.2, 0) is 5.54 Å². The number of ether oxygens (including phenoxy) is 1. The Morgan fingerprint density at radius 1 is 1.38 bits per heavy atom. The summed E-state index contributed by atoms with van der Waals surface area (Å²) >= 11 is 0. The molecule has 1 aromatic heterocycles. The summed E-state index contributed by atoms with van der Waals surface area (Å²) in [7, 11) is 0. The van der Waals surface area contributed by atoms with Crippen LogP contribution in [0.2, 0.25) is 0 Å². The van der Waals surface area contributed by atoms with Crippen LogP contribution in [-0.4, -0.2) is 35.0 Å². The maximum atomic E-state index is 13.4. The van der Waals surface area contributed by atoms with E-state index in [4.69, 9.17) is 4.74 Å². The Morgan fingerprint density at radius 3 is 2.82 bits per heavy atom. The van der Waals surface area contributed by atoms with Crippen LogP contribution in [0.5, 0.6) is 5.75 Å². The SMILES string of the molecule is C=Cc1cc(C2(NC(=O)c3cc(OCC4CCN4)c([N+](=O)[O-])cc3C)CC2)c2cccnc2c1. The number of pyridine rings is 1. The summed E-state index contributed by atoms with van der Waals surface area (Å²) in [6, 6.07) is 11.0. The first-order valence-corrected chi connectivity index (χ1v) is 11.4. The minimum absolute atomic E-state index is 0.114. The molecule has 1 atom stereocenters. The third-order valence-corrected chi connectivity index (χ3v) is 6.71. The summed E-state index contributed by atoms with van der Waals surface area (Å²) in [5, 5.41) is 19.0. The van der Waals surface area contributed by atoms with E-state index in [0.29, 0.717) is 17.7 Å². The van der Waals surface area contributed by atoms with Crippen LogP contribution in [0.4, 0.5) is 5.69 Å². The number of nitro benzene ring substituents is 1. The number of nitrogens with one attached hydrogen (secondary N) is 2. The van der Waals surface area contributed by atoms with Gasteiger partial charge in [0.1, 0.15) is 6.61 Å². The highest BCUT2D eigenvalue weighted by molar-refractivity contribution is 5.98. The number of hydrogen-bond acceptors (Lipinski definition) is 6. The lowest BCUT2D eigenvalue weighted by Crippen LogP contribution is -2.46. The van der Waals surface area contributed by atoms with Crippen molar-refractivity contribution in [3.63, 3.8) is 0 Å². The number of aryl methyl sites for hydroxylation is 1. The second-order valence-electron chi connectivity index (χ2n) is 9.02. The number of benzene rings is 2. The molecule has 3 aromatic rings. The van der Waals surface area contributed by atoms with Gasteiger partial charge in [-0.15, -0.1) is 0 Å². The predicted molar refractivity (Wildman–Crippen MR) is 130 cm³/mol. The molecule has 1 unspecified atom stereocenters. The van der Waals surface area contributed by atoms with E-state index in [1.807, 2.05) is 24.3 Å². The highest BCUT2D eigenvalue weighted by atomic mass is 16.6. The Morgan fingerprint density at radius 2 is 2.18 bits per heavy atom. The van der Waals surface area contributed by atoms with Gasteiger partial charge in [-0.05, 0) is 67.6 Å². The summed E-state index contributed by atoms with van der Waals surface area (Å²) in [4.78, 5) is 29.0. The highest BCUT2D eigenvalue weighted by Gasteiger charge is 2.47. The van der Waals surface area contributed by atoms with Crippen molar-refractivity contribution in [3.8, 4) is 5.75 Å².